The minimum absolute atomic E-state index is 0.160. The van der Waals surface area contributed by atoms with E-state index in [2.05, 4.69) is 25.3 Å². The maximum Gasteiger partial charge on any atom is 0.311 e. The Bertz CT molecular complexity index is 1110. The molecule has 6 rings (SSSR count). The molecule has 156 valence electrons. The van der Waals surface area contributed by atoms with Crippen LogP contribution < -0.4 is 5.32 Å². The van der Waals surface area contributed by atoms with Gasteiger partial charge in [-0.1, -0.05) is 11.6 Å². The number of rotatable bonds is 4. The van der Waals surface area contributed by atoms with Crippen molar-refractivity contribution in [3.63, 3.8) is 0 Å². The average Bonchev–Trinajstić information content (AvgIpc) is 3.18. The Hall–Kier alpha value is -2.74. The molecular weight excluding hydrogens is 409 g/mol. The molecule has 3 heterocycles. The van der Waals surface area contributed by atoms with Crippen molar-refractivity contribution in [1.82, 2.24) is 19.9 Å². The van der Waals surface area contributed by atoms with Crippen molar-refractivity contribution in [2.24, 2.45) is 17.8 Å². The topological polar surface area (TPSA) is 92.8 Å². The van der Waals surface area contributed by atoms with Crippen LogP contribution in [0.15, 0.2) is 24.7 Å². The molecule has 3 fully saturated rings. The summed E-state index contributed by atoms with van der Waals surface area (Å²) in [5.74, 6) is -0.370. The van der Waals surface area contributed by atoms with E-state index in [0.29, 0.717) is 34.0 Å². The number of nitrogens with zero attached hydrogens (tertiary/aromatic N) is 3. The fourth-order valence-corrected chi connectivity index (χ4v) is 5.21. The monoisotopic (exact) mass is 429 g/mol. The Morgan fingerprint density at radius 1 is 1.23 bits per heavy atom. The maximum atomic E-state index is 14.7. The number of fused-ring (bicyclic) bond motifs is 4. The summed E-state index contributed by atoms with van der Waals surface area (Å²) in [5.41, 5.74) is 2.67. The molecule has 3 aromatic rings. The normalized spacial score (nSPS) is 25.4. The van der Waals surface area contributed by atoms with Crippen molar-refractivity contribution in [2.45, 2.75) is 31.7 Å². The zero-order valence-corrected chi connectivity index (χ0v) is 17.1. The van der Waals surface area contributed by atoms with Gasteiger partial charge in [0.1, 0.15) is 10.7 Å². The van der Waals surface area contributed by atoms with Crippen LogP contribution in [0.3, 0.4) is 0 Å². The Morgan fingerprint density at radius 2 is 2.00 bits per heavy atom. The first-order chi connectivity index (χ1) is 14.5. The summed E-state index contributed by atoms with van der Waals surface area (Å²) in [6.45, 7) is 0. The third kappa shape index (κ3) is 3.19. The number of pyridine rings is 1. The number of hydrogen-bond acceptors (Lipinski definition) is 6. The zero-order valence-electron chi connectivity index (χ0n) is 16.4. The van der Waals surface area contributed by atoms with Crippen molar-refractivity contribution < 1.29 is 13.9 Å². The lowest BCUT2D eigenvalue weighted by Crippen LogP contribution is -2.51. The predicted molar refractivity (Wildman–Crippen MR) is 110 cm³/mol. The Morgan fingerprint density at radius 3 is 2.77 bits per heavy atom. The van der Waals surface area contributed by atoms with Crippen LogP contribution in [0.5, 0.6) is 0 Å². The number of carbonyl (C=O) groups excluding carboxylic acids is 1. The number of aromatic nitrogens is 4. The van der Waals surface area contributed by atoms with Crippen LogP contribution in [0, 0.1) is 23.6 Å². The molecule has 2 atom stereocenters. The van der Waals surface area contributed by atoms with E-state index in [0.717, 1.165) is 25.7 Å². The van der Waals surface area contributed by atoms with Crippen molar-refractivity contribution in [3.05, 3.63) is 35.6 Å². The molecule has 3 aromatic heterocycles. The number of anilines is 1. The summed E-state index contributed by atoms with van der Waals surface area (Å²) in [4.78, 5) is 28.3. The summed E-state index contributed by atoms with van der Waals surface area (Å²) in [7, 11) is 1.41. The molecule has 2 unspecified atom stereocenters. The fraction of sp³-hybridized carbons (Fsp3) is 0.429. The molecule has 0 aliphatic heterocycles. The molecule has 9 heteroatoms. The molecule has 0 radical (unpaired) electrons. The molecule has 3 aliphatic rings. The van der Waals surface area contributed by atoms with Crippen molar-refractivity contribution in [3.8, 4) is 11.3 Å². The van der Waals surface area contributed by atoms with Gasteiger partial charge in [0, 0.05) is 17.8 Å². The van der Waals surface area contributed by atoms with E-state index in [1.807, 2.05) is 0 Å². The smallest absolute Gasteiger partial charge is 0.311 e. The van der Waals surface area contributed by atoms with Gasteiger partial charge >= 0.3 is 5.97 Å². The van der Waals surface area contributed by atoms with Gasteiger partial charge in [-0.3, -0.25) is 9.78 Å². The second kappa shape index (κ2) is 7.50. The van der Waals surface area contributed by atoms with E-state index in [1.165, 1.54) is 19.5 Å². The maximum absolute atomic E-state index is 14.7. The van der Waals surface area contributed by atoms with Crippen LogP contribution in [0.25, 0.3) is 22.4 Å². The molecule has 3 aliphatic carbocycles. The minimum Gasteiger partial charge on any atom is -0.469 e. The Kier molecular flexibility index (Phi) is 4.81. The number of ether oxygens (including phenoxy) is 1. The number of esters is 1. The first-order valence-electron chi connectivity index (χ1n) is 10.0. The number of methoxy groups -OCH3 is 1. The van der Waals surface area contributed by atoms with Gasteiger partial charge in [-0.25, -0.2) is 14.4 Å². The first-order valence-corrected chi connectivity index (χ1v) is 10.4. The summed E-state index contributed by atoms with van der Waals surface area (Å²) >= 11 is 5.99. The lowest BCUT2D eigenvalue weighted by atomic mass is 9.61. The van der Waals surface area contributed by atoms with Gasteiger partial charge in [0.05, 0.1) is 36.8 Å². The first kappa shape index (κ1) is 19.2. The number of carbonyl (C=O) groups is 1. The van der Waals surface area contributed by atoms with Crippen molar-refractivity contribution in [1.29, 1.82) is 0 Å². The van der Waals surface area contributed by atoms with Crippen LogP contribution in [0.1, 0.15) is 25.7 Å². The van der Waals surface area contributed by atoms with Crippen LogP contribution >= 0.6 is 11.6 Å². The standard InChI is InChI=1S/C21H21ClFN5O2/c1-30-21(29)17-10-2-4-11(5-3-10)18(17)27-15-6-14(24-8-13(15)23)12-7-25-20-19(12)28-16(22)9-26-20/h6-11,17-18H,2-5H2,1H3,(H,24,27)(H,25,26). The number of aromatic amines is 1. The van der Waals surface area contributed by atoms with Crippen LogP contribution in [-0.4, -0.2) is 39.1 Å². The van der Waals surface area contributed by atoms with Crippen LogP contribution in [0.4, 0.5) is 10.1 Å². The minimum atomic E-state index is -0.465. The molecule has 2 bridgehead atoms. The van der Waals surface area contributed by atoms with Gasteiger partial charge in [0.15, 0.2) is 11.5 Å². The van der Waals surface area contributed by atoms with Crippen molar-refractivity contribution >= 4 is 34.4 Å². The largest absolute Gasteiger partial charge is 0.469 e. The van der Waals surface area contributed by atoms with Crippen LogP contribution in [0.2, 0.25) is 5.15 Å². The molecule has 0 spiro atoms. The quantitative estimate of drug-likeness (QED) is 0.604. The zero-order chi connectivity index (χ0) is 20.8. The highest BCUT2D eigenvalue weighted by Crippen LogP contribution is 2.47. The second-order valence-electron chi connectivity index (χ2n) is 8.04. The lowest BCUT2D eigenvalue weighted by Gasteiger charge is -2.47. The molecule has 30 heavy (non-hydrogen) atoms. The summed E-state index contributed by atoms with van der Waals surface area (Å²) in [6.07, 6.45) is 8.47. The molecule has 2 N–H and O–H groups in total. The fourth-order valence-electron chi connectivity index (χ4n) is 5.07. The highest BCUT2D eigenvalue weighted by Gasteiger charge is 2.48. The number of hydrogen-bond donors (Lipinski definition) is 2. The average molecular weight is 430 g/mol. The lowest BCUT2D eigenvalue weighted by molar-refractivity contribution is -0.152. The van der Waals surface area contributed by atoms with Gasteiger partial charge in [-0.05, 0) is 43.6 Å². The highest BCUT2D eigenvalue weighted by molar-refractivity contribution is 6.29. The molecule has 7 nitrogen and oxygen atoms in total. The Balaban J connectivity index is 1.50. The molecule has 0 aromatic carbocycles. The van der Waals surface area contributed by atoms with Gasteiger partial charge in [-0.2, -0.15) is 0 Å². The van der Waals surface area contributed by atoms with Gasteiger partial charge in [0.2, 0.25) is 0 Å². The molecule has 0 saturated heterocycles. The van der Waals surface area contributed by atoms with Crippen molar-refractivity contribution in [2.75, 3.05) is 12.4 Å². The van der Waals surface area contributed by atoms with E-state index in [-0.39, 0.29) is 29.0 Å². The van der Waals surface area contributed by atoms with Gasteiger partial charge in [-0.15, -0.1) is 0 Å². The number of halogens is 2. The van der Waals surface area contributed by atoms with Gasteiger partial charge in [0.25, 0.3) is 0 Å². The molecular formula is C21H21ClFN5O2. The van der Waals surface area contributed by atoms with Crippen LogP contribution in [-0.2, 0) is 9.53 Å². The van der Waals surface area contributed by atoms with E-state index >= 15 is 0 Å². The number of nitrogens with one attached hydrogen (secondary N) is 2. The predicted octanol–water partition coefficient (Wildman–Crippen LogP) is 4.20. The summed E-state index contributed by atoms with van der Waals surface area (Å²) in [6, 6.07) is 1.49. The van der Waals surface area contributed by atoms with E-state index < -0.39 is 5.82 Å². The third-order valence-corrected chi connectivity index (χ3v) is 6.68. The Labute approximate surface area is 177 Å². The van der Waals surface area contributed by atoms with E-state index in [9.17, 15) is 9.18 Å². The van der Waals surface area contributed by atoms with E-state index in [4.69, 9.17) is 16.3 Å². The number of H-pyrrole nitrogens is 1. The summed E-state index contributed by atoms with van der Waals surface area (Å²) < 4.78 is 19.8. The second-order valence-corrected chi connectivity index (χ2v) is 8.42. The third-order valence-electron chi connectivity index (χ3n) is 6.50. The highest BCUT2D eigenvalue weighted by atomic mass is 35.5. The molecule has 3 saturated carbocycles. The SMILES string of the molecule is COC(=O)C1C2CCC(CC2)C1Nc1cc(-c2c[nH]c3ncc(Cl)nc23)ncc1F. The molecule has 0 amide bonds. The summed E-state index contributed by atoms with van der Waals surface area (Å²) in [5, 5.41) is 3.59. The van der Waals surface area contributed by atoms with Gasteiger partial charge < -0.3 is 15.0 Å². The van der Waals surface area contributed by atoms with E-state index in [1.54, 1.807) is 12.3 Å².